The van der Waals surface area contributed by atoms with Crippen molar-refractivity contribution in [2.75, 3.05) is 6.54 Å². The van der Waals surface area contributed by atoms with Gasteiger partial charge in [0.1, 0.15) is 0 Å². The van der Waals surface area contributed by atoms with E-state index >= 15 is 0 Å². The second-order valence-electron chi connectivity index (χ2n) is 6.12. The molecule has 1 saturated carbocycles. The van der Waals surface area contributed by atoms with Crippen molar-refractivity contribution in [3.8, 4) is 0 Å². The van der Waals surface area contributed by atoms with Gasteiger partial charge in [-0.25, -0.2) is 0 Å². The molecule has 4 heteroatoms. The molecule has 2 N–H and O–H groups in total. The number of hydrogen-bond donors (Lipinski definition) is 2. The second-order valence-corrected chi connectivity index (χ2v) is 6.12. The molecule has 2 atom stereocenters. The highest BCUT2D eigenvalue weighted by atomic mass is 16.4. The quantitative estimate of drug-likeness (QED) is 0.875. The van der Waals surface area contributed by atoms with Crippen LogP contribution in [0.2, 0.25) is 0 Å². The molecule has 0 spiro atoms. The van der Waals surface area contributed by atoms with Crippen LogP contribution in [0, 0.1) is 11.8 Å². The SMILES string of the molecule is CC(C)c1ccc(C(=O)NCC2CCCC2C(=O)O)cc1. The average molecular weight is 289 g/mol. The molecule has 4 nitrogen and oxygen atoms in total. The van der Waals surface area contributed by atoms with E-state index in [1.165, 1.54) is 5.56 Å². The molecule has 1 aliphatic rings. The molecule has 1 fully saturated rings. The van der Waals surface area contributed by atoms with Crippen LogP contribution in [0.25, 0.3) is 0 Å². The Morgan fingerprint density at radius 3 is 2.48 bits per heavy atom. The van der Waals surface area contributed by atoms with Crippen molar-refractivity contribution < 1.29 is 14.7 Å². The van der Waals surface area contributed by atoms with Crippen LogP contribution in [0.1, 0.15) is 54.9 Å². The maximum Gasteiger partial charge on any atom is 0.306 e. The lowest BCUT2D eigenvalue weighted by atomic mass is 9.96. The number of aliphatic carboxylic acids is 1. The number of benzene rings is 1. The van der Waals surface area contributed by atoms with Crippen LogP contribution in [-0.4, -0.2) is 23.5 Å². The lowest BCUT2D eigenvalue weighted by Crippen LogP contribution is -2.33. The van der Waals surface area contributed by atoms with E-state index in [1.54, 1.807) is 0 Å². The third kappa shape index (κ3) is 3.84. The predicted octanol–water partition coefficient (Wildman–Crippen LogP) is 3.04. The van der Waals surface area contributed by atoms with E-state index in [2.05, 4.69) is 19.2 Å². The van der Waals surface area contributed by atoms with Gasteiger partial charge in [0.2, 0.25) is 0 Å². The first-order valence-corrected chi connectivity index (χ1v) is 7.60. The van der Waals surface area contributed by atoms with Crippen LogP contribution < -0.4 is 5.32 Å². The van der Waals surface area contributed by atoms with E-state index in [0.717, 1.165) is 19.3 Å². The number of carbonyl (C=O) groups excluding carboxylic acids is 1. The Kier molecular flexibility index (Phi) is 4.99. The monoisotopic (exact) mass is 289 g/mol. The van der Waals surface area contributed by atoms with Crippen molar-refractivity contribution in [3.63, 3.8) is 0 Å². The summed E-state index contributed by atoms with van der Waals surface area (Å²) in [5, 5.41) is 12.0. The van der Waals surface area contributed by atoms with E-state index < -0.39 is 5.97 Å². The lowest BCUT2D eigenvalue weighted by molar-refractivity contribution is -0.142. The predicted molar refractivity (Wildman–Crippen MR) is 81.3 cm³/mol. The number of carboxylic acid groups (broad SMARTS) is 1. The normalized spacial score (nSPS) is 21.5. The van der Waals surface area contributed by atoms with Gasteiger partial charge in [-0.2, -0.15) is 0 Å². The Morgan fingerprint density at radius 1 is 1.24 bits per heavy atom. The molecule has 1 aromatic rings. The minimum Gasteiger partial charge on any atom is -0.481 e. The zero-order valence-electron chi connectivity index (χ0n) is 12.6. The van der Waals surface area contributed by atoms with Crippen LogP contribution in [0.4, 0.5) is 0 Å². The minimum absolute atomic E-state index is 0.0568. The number of nitrogens with one attached hydrogen (secondary N) is 1. The summed E-state index contributed by atoms with van der Waals surface area (Å²) in [4.78, 5) is 23.2. The summed E-state index contributed by atoms with van der Waals surface area (Å²) in [6.45, 7) is 4.67. The van der Waals surface area contributed by atoms with Crippen molar-refractivity contribution in [2.24, 2.45) is 11.8 Å². The molecule has 0 bridgehead atoms. The summed E-state index contributed by atoms with van der Waals surface area (Å²) < 4.78 is 0. The summed E-state index contributed by atoms with van der Waals surface area (Å²) >= 11 is 0. The van der Waals surface area contributed by atoms with Crippen molar-refractivity contribution in [1.29, 1.82) is 0 Å². The Morgan fingerprint density at radius 2 is 1.90 bits per heavy atom. The van der Waals surface area contributed by atoms with Gasteiger partial charge in [0.05, 0.1) is 5.92 Å². The molecule has 1 aliphatic carbocycles. The molecule has 1 aromatic carbocycles. The van der Waals surface area contributed by atoms with Crippen LogP contribution in [0.3, 0.4) is 0 Å². The van der Waals surface area contributed by atoms with E-state index in [0.29, 0.717) is 18.0 Å². The Labute approximate surface area is 125 Å². The summed E-state index contributed by atoms with van der Waals surface area (Å²) in [6, 6.07) is 7.59. The topological polar surface area (TPSA) is 66.4 Å². The fourth-order valence-electron chi connectivity index (χ4n) is 2.95. The van der Waals surface area contributed by atoms with E-state index in [9.17, 15) is 9.59 Å². The first kappa shape index (κ1) is 15.5. The minimum atomic E-state index is -0.743. The molecule has 0 radical (unpaired) electrons. The third-order valence-corrected chi connectivity index (χ3v) is 4.34. The summed E-state index contributed by atoms with van der Waals surface area (Å²) in [5.41, 5.74) is 1.83. The first-order valence-electron chi connectivity index (χ1n) is 7.60. The molecule has 0 aromatic heterocycles. The average Bonchev–Trinajstić information content (AvgIpc) is 2.93. The van der Waals surface area contributed by atoms with Crippen LogP contribution in [-0.2, 0) is 4.79 Å². The van der Waals surface area contributed by atoms with Crippen LogP contribution in [0.5, 0.6) is 0 Å². The number of rotatable bonds is 5. The molecular formula is C17H23NO3. The molecule has 21 heavy (non-hydrogen) atoms. The fraction of sp³-hybridized carbons (Fsp3) is 0.529. The van der Waals surface area contributed by atoms with Crippen LogP contribution in [0.15, 0.2) is 24.3 Å². The van der Waals surface area contributed by atoms with Crippen molar-refractivity contribution >= 4 is 11.9 Å². The zero-order valence-corrected chi connectivity index (χ0v) is 12.6. The zero-order chi connectivity index (χ0) is 15.4. The number of carboxylic acids is 1. The third-order valence-electron chi connectivity index (χ3n) is 4.34. The van der Waals surface area contributed by atoms with E-state index in [4.69, 9.17) is 5.11 Å². The van der Waals surface area contributed by atoms with Gasteiger partial charge in [-0.05, 0) is 42.4 Å². The number of carbonyl (C=O) groups is 2. The maximum absolute atomic E-state index is 12.1. The molecule has 1 amide bonds. The molecule has 0 saturated heterocycles. The molecule has 0 aliphatic heterocycles. The lowest BCUT2D eigenvalue weighted by Gasteiger charge is -2.16. The Balaban J connectivity index is 1.91. The van der Waals surface area contributed by atoms with Crippen molar-refractivity contribution in [1.82, 2.24) is 5.32 Å². The van der Waals surface area contributed by atoms with Gasteiger partial charge in [-0.1, -0.05) is 32.4 Å². The smallest absolute Gasteiger partial charge is 0.306 e. The van der Waals surface area contributed by atoms with Gasteiger partial charge in [-0.15, -0.1) is 0 Å². The second kappa shape index (κ2) is 6.74. The van der Waals surface area contributed by atoms with Gasteiger partial charge in [-0.3, -0.25) is 9.59 Å². The Hall–Kier alpha value is -1.84. The molecule has 0 heterocycles. The summed E-state index contributed by atoms with van der Waals surface area (Å²) in [6.07, 6.45) is 2.53. The van der Waals surface area contributed by atoms with Gasteiger partial charge >= 0.3 is 5.97 Å². The molecule has 114 valence electrons. The van der Waals surface area contributed by atoms with E-state index in [1.807, 2.05) is 24.3 Å². The molecular weight excluding hydrogens is 266 g/mol. The highest BCUT2D eigenvalue weighted by molar-refractivity contribution is 5.94. The van der Waals surface area contributed by atoms with E-state index in [-0.39, 0.29) is 17.7 Å². The number of amides is 1. The molecule has 2 rings (SSSR count). The standard InChI is InChI=1S/C17H23NO3/c1-11(2)12-6-8-13(9-7-12)16(19)18-10-14-4-3-5-15(14)17(20)21/h6-9,11,14-15H,3-5,10H2,1-2H3,(H,18,19)(H,20,21). The maximum atomic E-state index is 12.1. The highest BCUT2D eigenvalue weighted by Crippen LogP contribution is 2.31. The summed E-state index contributed by atoms with van der Waals surface area (Å²) in [7, 11) is 0. The van der Waals surface area contributed by atoms with Gasteiger partial charge in [0, 0.05) is 12.1 Å². The van der Waals surface area contributed by atoms with Gasteiger partial charge in [0.25, 0.3) is 5.91 Å². The van der Waals surface area contributed by atoms with Gasteiger partial charge < -0.3 is 10.4 Å². The highest BCUT2D eigenvalue weighted by Gasteiger charge is 2.32. The van der Waals surface area contributed by atoms with Crippen LogP contribution >= 0.6 is 0 Å². The van der Waals surface area contributed by atoms with Crippen molar-refractivity contribution in [2.45, 2.75) is 39.0 Å². The largest absolute Gasteiger partial charge is 0.481 e. The first-order chi connectivity index (χ1) is 9.99. The fourth-order valence-corrected chi connectivity index (χ4v) is 2.95. The summed E-state index contributed by atoms with van der Waals surface area (Å²) in [5.74, 6) is -0.679. The number of hydrogen-bond acceptors (Lipinski definition) is 2. The van der Waals surface area contributed by atoms with Gasteiger partial charge in [0.15, 0.2) is 0 Å². The Bertz CT molecular complexity index is 507. The van der Waals surface area contributed by atoms with Crippen molar-refractivity contribution in [3.05, 3.63) is 35.4 Å². The molecule has 2 unspecified atom stereocenters.